The second-order valence-electron chi connectivity index (χ2n) is 5.82. The molecule has 0 bridgehead atoms. The van der Waals surface area contributed by atoms with Crippen LogP contribution < -0.4 is 14.8 Å². The molecule has 0 radical (unpaired) electrons. The van der Waals surface area contributed by atoms with Gasteiger partial charge in [0, 0.05) is 6.20 Å². The molecule has 2 N–H and O–H groups in total. The Morgan fingerprint density at radius 2 is 2.04 bits per heavy atom. The first-order valence-electron chi connectivity index (χ1n) is 7.38. The monoisotopic (exact) mass is 331 g/mol. The highest BCUT2D eigenvalue weighted by molar-refractivity contribution is 6.06. The summed E-state index contributed by atoms with van der Waals surface area (Å²) in [5, 5.41) is 15.9. The molecular weight excluding hydrogens is 314 g/mol. The highest BCUT2D eigenvalue weighted by atomic mass is 16.6. The van der Waals surface area contributed by atoms with E-state index in [9.17, 15) is 14.7 Å². The number of carboxylic acid groups (broad SMARTS) is 1. The third-order valence-electron chi connectivity index (χ3n) is 3.75. The van der Waals surface area contributed by atoms with Gasteiger partial charge in [0.25, 0.3) is 5.91 Å². The lowest BCUT2D eigenvalue weighted by atomic mass is 10.1. The van der Waals surface area contributed by atoms with E-state index in [1.165, 1.54) is 30.9 Å². The van der Waals surface area contributed by atoms with Crippen molar-refractivity contribution in [2.24, 2.45) is 0 Å². The number of carbonyl (C=O) groups is 2. The predicted octanol–water partition coefficient (Wildman–Crippen LogP) is 1.73. The molecule has 1 aromatic heterocycles. The summed E-state index contributed by atoms with van der Waals surface area (Å²) in [4.78, 5) is 23.7. The van der Waals surface area contributed by atoms with Gasteiger partial charge in [0.15, 0.2) is 17.0 Å². The van der Waals surface area contributed by atoms with Gasteiger partial charge in [-0.3, -0.25) is 9.48 Å². The van der Waals surface area contributed by atoms with Crippen LogP contribution in [0, 0.1) is 0 Å². The Morgan fingerprint density at radius 3 is 2.79 bits per heavy atom. The van der Waals surface area contributed by atoms with Crippen LogP contribution in [0.5, 0.6) is 11.5 Å². The van der Waals surface area contributed by atoms with Gasteiger partial charge in [-0.2, -0.15) is 5.10 Å². The Hall–Kier alpha value is -3.03. The molecule has 0 fully saturated rings. The van der Waals surface area contributed by atoms with Gasteiger partial charge in [-0.1, -0.05) is 6.07 Å². The zero-order valence-electron chi connectivity index (χ0n) is 13.3. The van der Waals surface area contributed by atoms with Crippen LogP contribution in [0.2, 0.25) is 0 Å². The molecule has 1 aliphatic rings. The SMILES string of the molecule is CC(C)(C(=O)O)n1cc(NC(=O)c2cccc3c2OCCO3)cn1. The summed E-state index contributed by atoms with van der Waals surface area (Å²) >= 11 is 0. The number of carbonyl (C=O) groups excluding carboxylic acids is 1. The molecule has 24 heavy (non-hydrogen) atoms. The Bertz CT molecular complexity index is 797. The molecule has 126 valence electrons. The fourth-order valence-corrected chi connectivity index (χ4v) is 2.24. The van der Waals surface area contributed by atoms with Crippen LogP contribution in [0.4, 0.5) is 5.69 Å². The molecule has 1 aromatic carbocycles. The number of rotatable bonds is 4. The number of carboxylic acids is 1. The summed E-state index contributed by atoms with van der Waals surface area (Å²) in [7, 11) is 0. The lowest BCUT2D eigenvalue weighted by Gasteiger charge is -2.20. The summed E-state index contributed by atoms with van der Waals surface area (Å²) in [5.74, 6) is -0.479. The number of amides is 1. The van der Waals surface area contributed by atoms with Gasteiger partial charge in [-0.15, -0.1) is 0 Å². The van der Waals surface area contributed by atoms with Crippen molar-refractivity contribution in [2.45, 2.75) is 19.4 Å². The van der Waals surface area contributed by atoms with Crippen LogP contribution in [0.1, 0.15) is 24.2 Å². The third-order valence-corrected chi connectivity index (χ3v) is 3.75. The number of aromatic nitrogens is 2. The van der Waals surface area contributed by atoms with Gasteiger partial charge in [-0.25, -0.2) is 4.79 Å². The van der Waals surface area contributed by atoms with Crippen molar-refractivity contribution in [3.63, 3.8) is 0 Å². The van der Waals surface area contributed by atoms with Crippen molar-refractivity contribution < 1.29 is 24.2 Å². The maximum atomic E-state index is 12.5. The quantitative estimate of drug-likeness (QED) is 0.884. The molecule has 0 atom stereocenters. The Balaban J connectivity index is 1.82. The molecule has 2 heterocycles. The molecule has 8 heteroatoms. The van der Waals surface area contributed by atoms with E-state index in [0.29, 0.717) is 36.0 Å². The summed E-state index contributed by atoms with van der Waals surface area (Å²) < 4.78 is 12.3. The number of fused-ring (bicyclic) bond motifs is 1. The van der Waals surface area contributed by atoms with Crippen molar-refractivity contribution >= 4 is 17.6 Å². The second kappa shape index (κ2) is 5.88. The molecule has 3 rings (SSSR count). The van der Waals surface area contributed by atoms with E-state index in [0.717, 1.165) is 0 Å². The first-order valence-corrected chi connectivity index (χ1v) is 7.38. The molecule has 1 aliphatic heterocycles. The highest BCUT2D eigenvalue weighted by Gasteiger charge is 2.30. The largest absolute Gasteiger partial charge is 0.486 e. The number of benzene rings is 1. The predicted molar refractivity (Wildman–Crippen MR) is 84.6 cm³/mol. The van der Waals surface area contributed by atoms with E-state index >= 15 is 0 Å². The number of aliphatic carboxylic acids is 1. The summed E-state index contributed by atoms with van der Waals surface area (Å²) in [5.41, 5.74) is -0.479. The van der Waals surface area contributed by atoms with E-state index in [-0.39, 0.29) is 5.91 Å². The lowest BCUT2D eigenvalue weighted by Crippen LogP contribution is -2.35. The number of hydrogen-bond acceptors (Lipinski definition) is 5. The van der Waals surface area contributed by atoms with E-state index in [1.807, 2.05) is 0 Å². The van der Waals surface area contributed by atoms with E-state index in [2.05, 4.69) is 10.4 Å². The van der Waals surface area contributed by atoms with Gasteiger partial charge in [0.1, 0.15) is 13.2 Å². The number of para-hydroxylation sites is 1. The molecule has 2 aromatic rings. The van der Waals surface area contributed by atoms with Crippen LogP contribution >= 0.6 is 0 Å². The van der Waals surface area contributed by atoms with Gasteiger partial charge < -0.3 is 19.9 Å². The average molecular weight is 331 g/mol. The van der Waals surface area contributed by atoms with E-state index < -0.39 is 11.5 Å². The van der Waals surface area contributed by atoms with Crippen molar-refractivity contribution in [3.05, 3.63) is 36.2 Å². The van der Waals surface area contributed by atoms with E-state index in [4.69, 9.17) is 9.47 Å². The second-order valence-corrected chi connectivity index (χ2v) is 5.82. The van der Waals surface area contributed by atoms with Crippen molar-refractivity contribution in [1.82, 2.24) is 9.78 Å². The van der Waals surface area contributed by atoms with Crippen LogP contribution in [0.15, 0.2) is 30.6 Å². The molecule has 0 unspecified atom stereocenters. The van der Waals surface area contributed by atoms with Crippen molar-refractivity contribution in [3.8, 4) is 11.5 Å². The lowest BCUT2D eigenvalue weighted by molar-refractivity contribution is -0.146. The van der Waals surface area contributed by atoms with Gasteiger partial charge in [0.2, 0.25) is 0 Å². The third kappa shape index (κ3) is 2.78. The highest BCUT2D eigenvalue weighted by Crippen LogP contribution is 2.34. The number of anilines is 1. The van der Waals surface area contributed by atoms with E-state index in [1.54, 1.807) is 18.2 Å². The summed E-state index contributed by atoms with van der Waals surface area (Å²) in [6.07, 6.45) is 2.87. The van der Waals surface area contributed by atoms with Crippen LogP contribution in [0.25, 0.3) is 0 Å². The Kier molecular flexibility index (Phi) is 3.88. The molecule has 1 amide bonds. The van der Waals surface area contributed by atoms with Gasteiger partial charge in [0.05, 0.1) is 17.4 Å². The Labute approximate surface area is 138 Å². The first-order chi connectivity index (χ1) is 11.4. The minimum atomic E-state index is -1.22. The number of hydrogen-bond donors (Lipinski definition) is 2. The first kappa shape index (κ1) is 15.9. The Morgan fingerprint density at radius 1 is 1.29 bits per heavy atom. The minimum Gasteiger partial charge on any atom is -0.486 e. The molecule has 0 saturated carbocycles. The number of nitrogens with zero attached hydrogens (tertiary/aromatic N) is 2. The zero-order chi connectivity index (χ0) is 17.3. The molecule has 0 saturated heterocycles. The average Bonchev–Trinajstić information content (AvgIpc) is 3.03. The summed E-state index contributed by atoms with van der Waals surface area (Å²) in [6.45, 7) is 3.86. The molecular formula is C16H17N3O5. The zero-order valence-corrected chi connectivity index (χ0v) is 13.3. The van der Waals surface area contributed by atoms with Gasteiger partial charge in [-0.05, 0) is 26.0 Å². The standard InChI is InChI=1S/C16H17N3O5/c1-16(2,15(21)22)19-9-10(8-17-19)18-14(20)11-4-3-5-12-13(11)24-7-6-23-12/h3-5,8-9H,6-7H2,1-2H3,(H,18,20)(H,21,22). The maximum Gasteiger partial charge on any atom is 0.331 e. The smallest absolute Gasteiger partial charge is 0.331 e. The molecule has 8 nitrogen and oxygen atoms in total. The normalized spacial score (nSPS) is 13.4. The van der Waals surface area contributed by atoms with Crippen molar-refractivity contribution in [1.29, 1.82) is 0 Å². The number of ether oxygens (including phenoxy) is 2. The van der Waals surface area contributed by atoms with Crippen LogP contribution in [-0.2, 0) is 10.3 Å². The summed E-state index contributed by atoms with van der Waals surface area (Å²) in [6, 6.07) is 5.08. The fraction of sp³-hybridized carbons (Fsp3) is 0.312. The minimum absolute atomic E-state index is 0.345. The van der Waals surface area contributed by atoms with Gasteiger partial charge >= 0.3 is 5.97 Å². The fourth-order valence-electron chi connectivity index (χ4n) is 2.24. The van der Waals surface area contributed by atoms with Crippen molar-refractivity contribution in [2.75, 3.05) is 18.5 Å². The van der Waals surface area contributed by atoms with Crippen LogP contribution in [0.3, 0.4) is 0 Å². The molecule has 0 aliphatic carbocycles. The number of nitrogens with one attached hydrogen (secondary N) is 1. The van der Waals surface area contributed by atoms with Crippen LogP contribution in [-0.4, -0.2) is 40.0 Å². The molecule has 0 spiro atoms. The maximum absolute atomic E-state index is 12.5. The topological polar surface area (TPSA) is 103 Å².